The van der Waals surface area contributed by atoms with E-state index in [4.69, 9.17) is 16.0 Å². The van der Waals surface area contributed by atoms with Gasteiger partial charge in [0.05, 0.1) is 17.1 Å². The second-order valence-electron chi connectivity index (χ2n) is 4.42. The minimum absolute atomic E-state index is 0.143. The predicted molar refractivity (Wildman–Crippen MR) is 78.4 cm³/mol. The van der Waals surface area contributed by atoms with E-state index in [1.165, 1.54) is 30.6 Å². The van der Waals surface area contributed by atoms with E-state index in [9.17, 15) is 14.7 Å². The smallest absolute Gasteiger partial charge is 0.337 e. The number of carboxylic acid groups (broad SMARTS) is 1. The summed E-state index contributed by atoms with van der Waals surface area (Å²) in [5.41, 5.74) is -1.64. The lowest BCUT2D eigenvalue weighted by Crippen LogP contribution is -2.52. The first kappa shape index (κ1) is 15.4. The minimum atomic E-state index is -1.64. The number of hydrogen-bond donors (Lipinski definition) is 3. The minimum Gasteiger partial charge on any atom is -0.479 e. The topological polar surface area (TPSA) is 91.6 Å². The molecule has 2 rings (SSSR count). The number of carbonyl (C=O) groups is 2. The molecule has 2 aromatic heterocycles. The Morgan fingerprint density at radius 3 is 2.71 bits per heavy atom. The van der Waals surface area contributed by atoms with Crippen LogP contribution in [0.5, 0.6) is 0 Å². The van der Waals surface area contributed by atoms with Crippen LogP contribution in [-0.4, -0.2) is 17.1 Å². The number of carboxylic acids is 1. The van der Waals surface area contributed by atoms with Gasteiger partial charge in [-0.2, -0.15) is 0 Å². The van der Waals surface area contributed by atoms with Crippen LogP contribution in [0.25, 0.3) is 0 Å². The molecule has 112 valence electrons. The SMILES string of the molecule is CC(NC(=O)NCc1ccc(Cl)s1)(C(=O)O)c1ccco1. The quantitative estimate of drug-likeness (QED) is 0.787. The molecule has 6 nitrogen and oxygen atoms in total. The van der Waals surface area contributed by atoms with Crippen LogP contribution in [0.2, 0.25) is 4.34 Å². The molecule has 2 amide bonds. The fourth-order valence-electron chi connectivity index (χ4n) is 1.67. The Balaban J connectivity index is 2.01. The average Bonchev–Trinajstić information content (AvgIpc) is 3.07. The summed E-state index contributed by atoms with van der Waals surface area (Å²) in [5, 5.41) is 14.3. The number of thiophene rings is 1. The van der Waals surface area contributed by atoms with Gasteiger partial charge in [0.15, 0.2) is 5.54 Å². The molecule has 1 unspecified atom stereocenters. The number of nitrogens with one attached hydrogen (secondary N) is 2. The number of rotatable bonds is 5. The molecule has 1 atom stereocenters. The van der Waals surface area contributed by atoms with Gasteiger partial charge in [0.25, 0.3) is 0 Å². The predicted octanol–water partition coefficient (Wildman–Crippen LogP) is 2.79. The van der Waals surface area contributed by atoms with Crippen LogP contribution in [0.15, 0.2) is 34.9 Å². The van der Waals surface area contributed by atoms with E-state index in [0.29, 0.717) is 4.34 Å². The molecule has 0 fully saturated rings. The van der Waals surface area contributed by atoms with Crippen LogP contribution >= 0.6 is 22.9 Å². The van der Waals surface area contributed by atoms with Crippen molar-refractivity contribution in [2.45, 2.75) is 19.0 Å². The third-order valence-electron chi connectivity index (χ3n) is 2.86. The van der Waals surface area contributed by atoms with Crippen molar-refractivity contribution in [3.63, 3.8) is 0 Å². The second-order valence-corrected chi connectivity index (χ2v) is 6.22. The van der Waals surface area contributed by atoms with Gasteiger partial charge in [-0.15, -0.1) is 11.3 Å². The van der Waals surface area contributed by atoms with Crippen LogP contribution in [0.1, 0.15) is 17.6 Å². The van der Waals surface area contributed by atoms with Gasteiger partial charge in [-0.3, -0.25) is 0 Å². The number of amides is 2. The summed E-state index contributed by atoms with van der Waals surface area (Å²) in [6, 6.07) is 5.96. The highest BCUT2D eigenvalue weighted by atomic mass is 35.5. The van der Waals surface area contributed by atoms with Crippen LogP contribution in [0, 0.1) is 0 Å². The van der Waals surface area contributed by atoms with Gasteiger partial charge in [-0.05, 0) is 31.2 Å². The summed E-state index contributed by atoms with van der Waals surface area (Å²) < 4.78 is 5.71. The number of halogens is 1. The number of urea groups is 1. The maximum Gasteiger partial charge on any atom is 0.337 e. The number of aliphatic carboxylic acids is 1. The molecule has 0 saturated carbocycles. The Morgan fingerprint density at radius 1 is 1.43 bits per heavy atom. The average molecular weight is 329 g/mol. The normalized spacial score (nSPS) is 13.4. The third-order valence-corrected chi connectivity index (χ3v) is 4.09. The Kier molecular flexibility index (Phi) is 4.54. The van der Waals surface area contributed by atoms with E-state index >= 15 is 0 Å². The molecule has 2 heterocycles. The molecule has 0 aliphatic rings. The van der Waals surface area contributed by atoms with Crippen LogP contribution in [0.4, 0.5) is 4.79 Å². The molecular weight excluding hydrogens is 316 g/mol. The lowest BCUT2D eigenvalue weighted by molar-refractivity contribution is -0.144. The third kappa shape index (κ3) is 3.56. The zero-order valence-electron chi connectivity index (χ0n) is 11.1. The van der Waals surface area contributed by atoms with Crippen molar-refractivity contribution in [1.82, 2.24) is 10.6 Å². The molecular formula is C13H13ClN2O4S. The Morgan fingerprint density at radius 2 is 2.19 bits per heavy atom. The molecule has 8 heteroatoms. The first-order valence-electron chi connectivity index (χ1n) is 5.99. The molecule has 0 aromatic carbocycles. The summed E-state index contributed by atoms with van der Waals surface area (Å²) >= 11 is 7.13. The van der Waals surface area contributed by atoms with Crippen molar-refractivity contribution < 1.29 is 19.1 Å². The van der Waals surface area contributed by atoms with Gasteiger partial charge in [-0.25, -0.2) is 9.59 Å². The molecule has 0 radical (unpaired) electrons. The number of carbonyl (C=O) groups excluding carboxylic acids is 1. The summed E-state index contributed by atoms with van der Waals surface area (Å²) in [5.74, 6) is -1.07. The Bertz CT molecular complexity index is 640. The van der Waals surface area contributed by atoms with Crippen molar-refractivity contribution in [2.24, 2.45) is 0 Å². The van der Waals surface area contributed by atoms with E-state index in [-0.39, 0.29) is 12.3 Å². The molecule has 21 heavy (non-hydrogen) atoms. The summed E-state index contributed by atoms with van der Waals surface area (Å²) in [6.45, 7) is 1.62. The highest BCUT2D eigenvalue weighted by molar-refractivity contribution is 7.16. The largest absolute Gasteiger partial charge is 0.479 e. The molecule has 3 N–H and O–H groups in total. The summed E-state index contributed by atoms with van der Waals surface area (Å²) in [4.78, 5) is 24.2. The van der Waals surface area contributed by atoms with E-state index in [2.05, 4.69) is 10.6 Å². The van der Waals surface area contributed by atoms with Crippen molar-refractivity contribution >= 4 is 34.9 Å². The van der Waals surface area contributed by atoms with E-state index in [1.807, 2.05) is 0 Å². The molecule has 2 aromatic rings. The second kappa shape index (κ2) is 6.19. The fourth-order valence-corrected chi connectivity index (χ4v) is 2.70. The van der Waals surface area contributed by atoms with Gasteiger partial charge < -0.3 is 20.2 Å². The van der Waals surface area contributed by atoms with Gasteiger partial charge in [0, 0.05) is 4.88 Å². The van der Waals surface area contributed by atoms with Crippen LogP contribution < -0.4 is 10.6 Å². The monoisotopic (exact) mass is 328 g/mol. The Labute approximate surface area is 129 Å². The van der Waals surface area contributed by atoms with Gasteiger partial charge in [0.2, 0.25) is 0 Å². The summed E-state index contributed by atoms with van der Waals surface area (Å²) in [6.07, 6.45) is 1.35. The maximum absolute atomic E-state index is 11.9. The first-order chi connectivity index (χ1) is 9.91. The van der Waals surface area contributed by atoms with Crippen LogP contribution in [0.3, 0.4) is 0 Å². The van der Waals surface area contributed by atoms with E-state index < -0.39 is 17.5 Å². The van der Waals surface area contributed by atoms with Crippen molar-refractivity contribution in [3.8, 4) is 0 Å². The van der Waals surface area contributed by atoms with Crippen LogP contribution in [-0.2, 0) is 16.9 Å². The number of furan rings is 1. The summed E-state index contributed by atoms with van der Waals surface area (Å²) in [7, 11) is 0. The van der Waals surface area contributed by atoms with Crippen molar-refractivity contribution in [2.75, 3.05) is 0 Å². The van der Waals surface area contributed by atoms with Gasteiger partial charge in [0.1, 0.15) is 5.76 Å². The molecule has 0 aliphatic carbocycles. The fraction of sp³-hybridized carbons (Fsp3) is 0.231. The lowest BCUT2D eigenvalue weighted by Gasteiger charge is -2.24. The van der Waals surface area contributed by atoms with Crippen molar-refractivity contribution in [1.29, 1.82) is 0 Å². The zero-order chi connectivity index (χ0) is 15.5. The van der Waals surface area contributed by atoms with Gasteiger partial charge >= 0.3 is 12.0 Å². The highest BCUT2D eigenvalue weighted by Gasteiger charge is 2.39. The number of hydrogen-bond acceptors (Lipinski definition) is 4. The molecule has 0 bridgehead atoms. The first-order valence-corrected chi connectivity index (χ1v) is 7.19. The molecule has 0 spiro atoms. The van der Waals surface area contributed by atoms with E-state index in [0.717, 1.165) is 4.88 Å². The zero-order valence-corrected chi connectivity index (χ0v) is 12.6. The van der Waals surface area contributed by atoms with Gasteiger partial charge in [-0.1, -0.05) is 11.6 Å². The standard InChI is InChI=1S/C13H13ClN2O4S/c1-13(11(17)18,9-3-2-6-20-9)16-12(19)15-7-8-4-5-10(14)21-8/h2-6H,7H2,1H3,(H,17,18)(H2,15,16,19). The van der Waals surface area contributed by atoms with Crippen molar-refractivity contribution in [3.05, 3.63) is 45.5 Å². The Hall–Kier alpha value is -1.99. The lowest BCUT2D eigenvalue weighted by atomic mass is 9.99. The molecule has 0 saturated heterocycles. The molecule has 0 aliphatic heterocycles. The van der Waals surface area contributed by atoms with E-state index in [1.54, 1.807) is 18.2 Å². The maximum atomic E-state index is 11.9. The highest BCUT2D eigenvalue weighted by Crippen LogP contribution is 2.22.